The average molecular weight is 303 g/mol. The van der Waals surface area contributed by atoms with Gasteiger partial charge in [-0.05, 0) is 25.5 Å². The number of likely N-dealkylation sites (N-methyl/N-ethyl adjacent to an activating group) is 1. The van der Waals surface area contributed by atoms with Crippen molar-refractivity contribution in [2.24, 2.45) is 5.92 Å². The molecule has 0 radical (unpaired) electrons. The molecule has 0 N–H and O–H groups in total. The van der Waals surface area contributed by atoms with Gasteiger partial charge in [-0.2, -0.15) is 0 Å². The predicted octanol–water partition coefficient (Wildman–Crippen LogP) is 0.709. The van der Waals surface area contributed by atoms with Crippen LogP contribution in [0.15, 0.2) is 18.3 Å². The zero-order chi connectivity index (χ0) is 15.7. The van der Waals surface area contributed by atoms with Gasteiger partial charge in [-0.15, -0.1) is 0 Å². The summed E-state index contributed by atoms with van der Waals surface area (Å²) >= 11 is 0. The number of rotatable bonds is 1. The maximum absolute atomic E-state index is 12.7. The minimum atomic E-state index is -0.0124. The van der Waals surface area contributed by atoms with Crippen molar-refractivity contribution < 1.29 is 14.3 Å². The number of hydrogen-bond donors (Lipinski definition) is 0. The Bertz CT molecular complexity index is 590. The first-order valence-corrected chi connectivity index (χ1v) is 7.61. The van der Waals surface area contributed by atoms with E-state index in [0.717, 1.165) is 12.1 Å². The van der Waals surface area contributed by atoms with Crippen LogP contribution in [0, 0.1) is 12.8 Å². The van der Waals surface area contributed by atoms with Crippen LogP contribution in [0.1, 0.15) is 22.5 Å². The summed E-state index contributed by atoms with van der Waals surface area (Å²) in [5.41, 5.74) is 1.49. The first-order chi connectivity index (χ1) is 10.6. The van der Waals surface area contributed by atoms with E-state index in [1.807, 2.05) is 11.8 Å². The third-order valence-electron chi connectivity index (χ3n) is 4.60. The monoisotopic (exact) mass is 303 g/mol. The Morgan fingerprint density at radius 2 is 2.27 bits per heavy atom. The highest BCUT2D eigenvalue weighted by Gasteiger charge is 2.37. The second-order valence-electron chi connectivity index (χ2n) is 6.07. The van der Waals surface area contributed by atoms with E-state index in [1.54, 1.807) is 30.3 Å². The SMILES string of the molecule is Cc1cc(C(=O)N2CC[C@H]3COCC(=O)N(C)[C@H]3C2)ccn1. The number of nitrogens with zero attached hydrogens (tertiary/aromatic N) is 3. The molecule has 0 bridgehead atoms. The van der Waals surface area contributed by atoms with E-state index in [0.29, 0.717) is 31.2 Å². The first kappa shape index (κ1) is 15.0. The van der Waals surface area contributed by atoms with E-state index in [-0.39, 0.29) is 24.5 Å². The van der Waals surface area contributed by atoms with Crippen molar-refractivity contribution in [1.29, 1.82) is 0 Å². The maximum atomic E-state index is 12.7. The van der Waals surface area contributed by atoms with Gasteiger partial charge in [-0.3, -0.25) is 14.6 Å². The Kier molecular flexibility index (Phi) is 4.11. The Labute approximate surface area is 130 Å². The molecule has 2 amide bonds. The van der Waals surface area contributed by atoms with Crippen molar-refractivity contribution in [3.63, 3.8) is 0 Å². The summed E-state index contributed by atoms with van der Waals surface area (Å²) in [7, 11) is 1.80. The van der Waals surface area contributed by atoms with Gasteiger partial charge in [0, 0.05) is 43.5 Å². The van der Waals surface area contributed by atoms with Gasteiger partial charge in [-0.25, -0.2) is 0 Å². The van der Waals surface area contributed by atoms with Crippen LogP contribution in [0.2, 0.25) is 0 Å². The maximum Gasteiger partial charge on any atom is 0.254 e. The lowest BCUT2D eigenvalue weighted by molar-refractivity contribution is -0.134. The molecule has 22 heavy (non-hydrogen) atoms. The van der Waals surface area contributed by atoms with Crippen LogP contribution in [0.25, 0.3) is 0 Å². The molecule has 2 aliphatic rings. The van der Waals surface area contributed by atoms with Crippen molar-refractivity contribution in [2.75, 3.05) is 33.4 Å². The number of amides is 2. The van der Waals surface area contributed by atoms with E-state index in [4.69, 9.17) is 4.74 Å². The van der Waals surface area contributed by atoms with Crippen LogP contribution >= 0.6 is 0 Å². The molecular weight excluding hydrogens is 282 g/mol. The number of carbonyl (C=O) groups is 2. The lowest BCUT2D eigenvalue weighted by Gasteiger charge is -2.41. The van der Waals surface area contributed by atoms with Gasteiger partial charge < -0.3 is 14.5 Å². The zero-order valence-corrected chi connectivity index (χ0v) is 13.0. The summed E-state index contributed by atoms with van der Waals surface area (Å²) in [5.74, 6) is 0.302. The molecule has 2 saturated heterocycles. The molecule has 1 aromatic heterocycles. The molecule has 3 heterocycles. The van der Waals surface area contributed by atoms with Gasteiger partial charge in [0.2, 0.25) is 5.91 Å². The molecule has 2 aliphatic heterocycles. The van der Waals surface area contributed by atoms with E-state index in [1.165, 1.54) is 0 Å². The molecule has 6 nitrogen and oxygen atoms in total. The Morgan fingerprint density at radius 3 is 3.05 bits per heavy atom. The smallest absolute Gasteiger partial charge is 0.254 e. The standard InChI is InChI=1S/C16H21N3O3/c1-11-7-12(3-5-17-11)16(21)19-6-4-13-9-22-10-15(20)18(2)14(13)8-19/h3,5,7,13-14H,4,6,8-10H2,1-2H3/t13-,14-/m0/s1. The number of piperidine rings is 1. The number of ether oxygens (including phenoxy) is 1. The second-order valence-corrected chi connectivity index (χ2v) is 6.07. The topological polar surface area (TPSA) is 62.7 Å². The number of likely N-dealkylation sites (tertiary alicyclic amines) is 1. The lowest BCUT2D eigenvalue weighted by Crippen LogP contribution is -2.54. The van der Waals surface area contributed by atoms with Crippen LogP contribution in [0.3, 0.4) is 0 Å². The van der Waals surface area contributed by atoms with Crippen molar-refractivity contribution >= 4 is 11.8 Å². The van der Waals surface area contributed by atoms with Gasteiger partial charge in [-0.1, -0.05) is 0 Å². The highest BCUT2D eigenvalue weighted by Crippen LogP contribution is 2.25. The van der Waals surface area contributed by atoms with Crippen LogP contribution in [-0.2, 0) is 9.53 Å². The second kappa shape index (κ2) is 6.04. The molecule has 6 heteroatoms. The summed E-state index contributed by atoms with van der Waals surface area (Å²) < 4.78 is 5.44. The highest BCUT2D eigenvalue weighted by atomic mass is 16.5. The van der Waals surface area contributed by atoms with E-state index < -0.39 is 0 Å². The van der Waals surface area contributed by atoms with Gasteiger partial charge in [0.15, 0.2) is 0 Å². The van der Waals surface area contributed by atoms with Crippen LogP contribution < -0.4 is 0 Å². The number of fused-ring (bicyclic) bond motifs is 1. The third kappa shape index (κ3) is 2.83. The Hall–Kier alpha value is -1.95. The molecular formula is C16H21N3O3. The summed E-state index contributed by atoms with van der Waals surface area (Å²) in [6.07, 6.45) is 2.52. The number of hydrogen-bond acceptors (Lipinski definition) is 4. The predicted molar refractivity (Wildman–Crippen MR) is 80.4 cm³/mol. The van der Waals surface area contributed by atoms with Crippen molar-refractivity contribution in [2.45, 2.75) is 19.4 Å². The fourth-order valence-corrected chi connectivity index (χ4v) is 3.24. The van der Waals surface area contributed by atoms with Crippen LogP contribution in [-0.4, -0.2) is 66.0 Å². The van der Waals surface area contributed by atoms with Crippen molar-refractivity contribution in [3.05, 3.63) is 29.6 Å². The van der Waals surface area contributed by atoms with E-state index >= 15 is 0 Å². The zero-order valence-electron chi connectivity index (χ0n) is 13.0. The lowest BCUT2D eigenvalue weighted by atomic mass is 9.91. The average Bonchev–Trinajstić information content (AvgIpc) is 2.66. The number of aryl methyl sites for hydroxylation is 1. The summed E-state index contributed by atoms with van der Waals surface area (Å²) in [6.45, 7) is 3.87. The van der Waals surface area contributed by atoms with E-state index in [9.17, 15) is 9.59 Å². The molecule has 0 saturated carbocycles. The molecule has 0 unspecified atom stereocenters. The normalized spacial score (nSPS) is 25.6. The van der Waals surface area contributed by atoms with Crippen molar-refractivity contribution in [3.8, 4) is 0 Å². The van der Waals surface area contributed by atoms with Crippen LogP contribution in [0.4, 0.5) is 0 Å². The summed E-state index contributed by atoms with van der Waals surface area (Å²) in [4.78, 5) is 32.3. The quantitative estimate of drug-likeness (QED) is 0.766. The third-order valence-corrected chi connectivity index (χ3v) is 4.60. The molecule has 118 valence electrons. The summed E-state index contributed by atoms with van der Waals surface area (Å²) in [6, 6.07) is 3.59. The summed E-state index contributed by atoms with van der Waals surface area (Å²) in [5, 5.41) is 0. The molecule has 1 aromatic rings. The molecule has 0 spiro atoms. The number of pyridine rings is 1. The van der Waals surface area contributed by atoms with E-state index in [2.05, 4.69) is 4.98 Å². The molecule has 3 rings (SSSR count). The largest absolute Gasteiger partial charge is 0.371 e. The number of carbonyl (C=O) groups excluding carboxylic acids is 2. The molecule has 0 aromatic carbocycles. The van der Waals surface area contributed by atoms with Gasteiger partial charge >= 0.3 is 0 Å². The van der Waals surface area contributed by atoms with Gasteiger partial charge in [0.1, 0.15) is 6.61 Å². The molecule has 2 atom stereocenters. The fourth-order valence-electron chi connectivity index (χ4n) is 3.24. The number of aromatic nitrogens is 1. The minimum Gasteiger partial charge on any atom is -0.371 e. The highest BCUT2D eigenvalue weighted by molar-refractivity contribution is 5.94. The molecule has 2 fully saturated rings. The van der Waals surface area contributed by atoms with Gasteiger partial charge in [0.05, 0.1) is 12.6 Å². The Balaban J connectivity index is 1.77. The van der Waals surface area contributed by atoms with Crippen LogP contribution in [0.5, 0.6) is 0 Å². The minimum absolute atomic E-state index is 0.00923. The van der Waals surface area contributed by atoms with Crippen molar-refractivity contribution in [1.82, 2.24) is 14.8 Å². The molecule has 0 aliphatic carbocycles. The first-order valence-electron chi connectivity index (χ1n) is 7.61. The Morgan fingerprint density at radius 1 is 1.45 bits per heavy atom. The van der Waals surface area contributed by atoms with Gasteiger partial charge in [0.25, 0.3) is 5.91 Å². The fraction of sp³-hybridized carbons (Fsp3) is 0.562.